The SMILES string of the molecule is Nc1ncnc2c1ncn2CCCOc1ccccc1Cl. The normalized spacial score (nSPS) is 10.9. The number of anilines is 1. The maximum atomic E-state index is 6.03. The van der Waals surface area contributed by atoms with Gasteiger partial charge in [0.25, 0.3) is 0 Å². The van der Waals surface area contributed by atoms with E-state index in [1.165, 1.54) is 6.33 Å². The minimum absolute atomic E-state index is 0.395. The molecule has 2 N–H and O–H groups in total. The molecule has 0 saturated heterocycles. The topological polar surface area (TPSA) is 78.9 Å². The van der Waals surface area contributed by atoms with Crippen LogP contribution in [0, 0.1) is 0 Å². The zero-order valence-corrected chi connectivity index (χ0v) is 12.0. The van der Waals surface area contributed by atoms with E-state index < -0.39 is 0 Å². The van der Waals surface area contributed by atoms with Gasteiger partial charge in [-0.25, -0.2) is 15.0 Å². The highest BCUT2D eigenvalue weighted by molar-refractivity contribution is 6.32. The molecule has 0 radical (unpaired) electrons. The van der Waals surface area contributed by atoms with Gasteiger partial charge in [-0.1, -0.05) is 23.7 Å². The molecule has 0 aliphatic heterocycles. The van der Waals surface area contributed by atoms with Gasteiger partial charge in [0.1, 0.15) is 17.6 Å². The van der Waals surface area contributed by atoms with E-state index in [2.05, 4.69) is 15.0 Å². The first-order valence-corrected chi connectivity index (χ1v) is 6.92. The second-order valence-corrected chi connectivity index (χ2v) is 4.91. The van der Waals surface area contributed by atoms with Gasteiger partial charge in [0.2, 0.25) is 0 Å². The first-order valence-electron chi connectivity index (χ1n) is 6.54. The largest absolute Gasteiger partial charge is 0.492 e. The van der Waals surface area contributed by atoms with Crippen molar-refractivity contribution in [3.8, 4) is 5.75 Å². The first-order chi connectivity index (χ1) is 10.3. The number of ether oxygens (including phenoxy) is 1. The second-order valence-electron chi connectivity index (χ2n) is 4.50. The van der Waals surface area contributed by atoms with Crippen molar-refractivity contribution in [1.29, 1.82) is 0 Å². The Morgan fingerprint density at radius 3 is 2.90 bits per heavy atom. The fourth-order valence-corrected chi connectivity index (χ4v) is 2.23. The summed E-state index contributed by atoms with van der Waals surface area (Å²) in [6.07, 6.45) is 3.96. The molecule has 0 amide bonds. The molecule has 2 heterocycles. The Morgan fingerprint density at radius 1 is 1.19 bits per heavy atom. The molecule has 0 atom stereocenters. The Labute approximate surface area is 126 Å². The molecule has 3 rings (SSSR count). The maximum Gasteiger partial charge on any atom is 0.165 e. The minimum Gasteiger partial charge on any atom is -0.492 e. The molecule has 3 aromatic rings. The van der Waals surface area contributed by atoms with E-state index in [1.54, 1.807) is 12.4 Å². The van der Waals surface area contributed by atoms with Crippen molar-refractivity contribution in [2.24, 2.45) is 0 Å². The number of nitrogens with zero attached hydrogens (tertiary/aromatic N) is 4. The molecular weight excluding hydrogens is 290 g/mol. The lowest BCUT2D eigenvalue weighted by Crippen LogP contribution is -2.05. The Hall–Kier alpha value is -2.34. The van der Waals surface area contributed by atoms with Crippen LogP contribution in [0.15, 0.2) is 36.9 Å². The zero-order chi connectivity index (χ0) is 14.7. The molecule has 2 aromatic heterocycles. The van der Waals surface area contributed by atoms with Crippen LogP contribution in [0.2, 0.25) is 5.02 Å². The van der Waals surface area contributed by atoms with Gasteiger partial charge in [0.05, 0.1) is 18.0 Å². The number of nitrogen functional groups attached to an aromatic ring is 1. The molecule has 0 aliphatic carbocycles. The highest BCUT2D eigenvalue weighted by Gasteiger charge is 2.07. The van der Waals surface area contributed by atoms with Gasteiger partial charge in [-0.3, -0.25) is 0 Å². The molecule has 0 fully saturated rings. The summed E-state index contributed by atoms with van der Waals surface area (Å²) in [5, 5.41) is 0.617. The van der Waals surface area contributed by atoms with Crippen molar-refractivity contribution in [3.63, 3.8) is 0 Å². The number of aryl methyl sites for hydroxylation is 1. The lowest BCUT2D eigenvalue weighted by atomic mass is 10.3. The van der Waals surface area contributed by atoms with Gasteiger partial charge in [0.15, 0.2) is 11.5 Å². The zero-order valence-electron chi connectivity index (χ0n) is 11.2. The summed E-state index contributed by atoms with van der Waals surface area (Å²) in [5.74, 6) is 1.09. The molecule has 0 unspecified atom stereocenters. The van der Waals surface area contributed by atoms with Gasteiger partial charge < -0.3 is 15.0 Å². The molecular formula is C14H14ClN5O. The minimum atomic E-state index is 0.395. The summed E-state index contributed by atoms with van der Waals surface area (Å²) in [6.45, 7) is 1.29. The predicted octanol–water partition coefficient (Wildman–Crippen LogP) is 2.53. The number of hydrogen-bond donors (Lipinski definition) is 1. The van der Waals surface area contributed by atoms with Gasteiger partial charge in [-0.05, 0) is 18.6 Å². The van der Waals surface area contributed by atoms with E-state index in [0.717, 1.165) is 18.6 Å². The van der Waals surface area contributed by atoms with Crippen LogP contribution < -0.4 is 10.5 Å². The monoisotopic (exact) mass is 303 g/mol. The molecule has 0 aliphatic rings. The quantitative estimate of drug-likeness (QED) is 0.733. The Kier molecular flexibility index (Phi) is 3.87. The molecule has 7 heteroatoms. The predicted molar refractivity (Wildman–Crippen MR) is 81.3 cm³/mol. The van der Waals surface area contributed by atoms with Gasteiger partial charge in [-0.15, -0.1) is 0 Å². The van der Waals surface area contributed by atoms with Crippen LogP contribution in [-0.4, -0.2) is 26.1 Å². The van der Waals surface area contributed by atoms with Crippen molar-refractivity contribution in [3.05, 3.63) is 41.9 Å². The third-order valence-electron chi connectivity index (χ3n) is 3.07. The summed E-state index contributed by atoms with van der Waals surface area (Å²) in [5.41, 5.74) is 7.12. The summed E-state index contributed by atoms with van der Waals surface area (Å²) >= 11 is 6.03. The van der Waals surface area contributed by atoms with Crippen LogP contribution in [0.4, 0.5) is 5.82 Å². The number of rotatable bonds is 5. The van der Waals surface area contributed by atoms with Crippen LogP contribution >= 0.6 is 11.6 Å². The van der Waals surface area contributed by atoms with Crippen molar-refractivity contribution < 1.29 is 4.74 Å². The average molecular weight is 304 g/mol. The lowest BCUT2D eigenvalue weighted by molar-refractivity contribution is 0.302. The molecule has 108 valence electrons. The highest BCUT2D eigenvalue weighted by Crippen LogP contribution is 2.23. The Morgan fingerprint density at radius 2 is 2.05 bits per heavy atom. The molecule has 0 saturated carbocycles. The molecule has 1 aromatic carbocycles. The fourth-order valence-electron chi connectivity index (χ4n) is 2.04. The molecule has 21 heavy (non-hydrogen) atoms. The fraction of sp³-hybridized carbons (Fsp3) is 0.214. The Balaban J connectivity index is 1.60. The summed E-state index contributed by atoms with van der Waals surface area (Å²) in [6, 6.07) is 7.42. The van der Waals surface area contributed by atoms with Crippen molar-refractivity contribution in [2.45, 2.75) is 13.0 Å². The average Bonchev–Trinajstić information content (AvgIpc) is 2.90. The van der Waals surface area contributed by atoms with Crippen molar-refractivity contribution >= 4 is 28.6 Å². The highest BCUT2D eigenvalue weighted by atomic mass is 35.5. The summed E-state index contributed by atoms with van der Waals surface area (Å²) in [4.78, 5) is 12.3. The molecule has 0 bridgehead atoms. The first kappa shape index (κ1) is 13.6. The van der Waals surface area contributed by atoms with Crippen LogP contribution in [-0.2, 0) is 6.54 Å². The van der Waals surface area contributed by atoms with E-state index >= 15 is 0 Å². The van der Waals surface area contributed by atoms with Crippen LogP contribution in [0.25, 0.3) is 11.2 Å². The molecule has 0 spiro atoms. The number of halogens is 1. The number of aromatic nitrogens is 4. The van der Waals surface area contributed by atoms with E-state index in [-0.39, 0.29) is 0 Å². The van der Waals surface area contributed by atoms with Crippen molar-refractivity contribution in [1.82, 2.24) is 19.5 Å². The number of benzene rings is 1. The standard InChI is InChI=1S/C14H14ClN5O/c15-10-4-1-2-5-11(10)21-7-3-6-20-9-19-12-13(16)17-8-18-14(12)20/h1-2,4-5,8-9H,3,6-7H2,(H2,16,17,18). The van der Waals surface area contributed by atoms with Crippen LogP contribution in [0.1, 0.15) is 6.42 Å². The molecule has 6 nitrogen and oxygen atoms in total. The number of fused-ring (bicyclic) bond motifs is 1. The van der Waals surface area contributed by atoms with Crippen LogP contribution in [0.3, 0.4) is 0 Å². The maximum absolute atomic E-state index is 6.03. The smallest absolute Gasteiger partial charge is 0.165 e. The van der Waals surface area contributed by atoms with E-state index in [0.29, 0.717) is 28.7 Å². The van der Waals surface area contributed by atoms with Crippen LogP contribution in [0.5, 0.6) is 5.75 Å². The van der Waals surface area contributed by atoms with E-state index in [1.807, 2.05) is 22.8 Å². The number of imidazole rings is 1. The second kappa shape index (κ2) is 5.97. The van der Waals surface area contributed by atoms with E-state index in [9.17, 15) is 0 Å². The number of hydrogen-bond acceptors (Lipinski definition) is 5. The third-order valence-corrected chi connectivity index (χ3v) is 3.38. The summed E-state index contributed by atoms with van der Waals surface area (Å²) in [7, 11) is 0. The van der Waals surface area contributed by atoms with Gasteiger partial charge in [-0.2, -0.15) is 0 Å². The van der Waals surface area contributed by atoms with E-state index in [4.69, 9.17) is 22.1 Å². The Bertz CT molecular complexity index is 758. The third kappa shape index (κ3) is 2.90. The van der Waals surface area contributed by atoms with Gasteiger partial charge in [0, 0.05) is 6.54 Å². The number of para-hydroxylation sites is 1. The summed E-state index contributed by atoms with van der Waals surface area (Å²) < 4.78 is 7.58. The number of nitrogens with two attached hydrogens (primary N) is 1. The lowest BCUT2D eigenvalue weighted by Gasteiger charge is -2.08. The van der Waals surface area contributed by atoms with Crippen molar-refractivity contribution in [2.75, 3.05) is 12.3 Å². The van der Waals surface area contributed by atoms with Gasteiger partial charge >= 0.3 is 0 Å².